The molecule has 6 nitrogen and oxygen atoms in total. The third-order valence-corrected chi connectivity index (χ3v) is 6.36. The molecule has 2 fully saturated rings. The summed E-state index contributed by atoms with van der Waals surface area (Å²) in [7, 11) is 0. The Morgan fingerprint density at radius 3 is 2.86 bits per heavy atom. The summed E-state index contributed by atoms with van der Waals surface area (Å²) in [6.45, 7) is 6.15. The normalized spacial score (nSPS) is 28.8. The Balaban J connectivity index is 2.10. The van der Waals surface area contributed by atoms with E-state index < -0.39 is 0 Å². The first-order valence-corrected chi connectivity index (χ1v) is 9.23. The maximum atomic E-state index is 12.0. The number of hydrogen-bond acceptors (Lipinski definition) is 5. The Morgan fingerprint density at radius 1 is 1.41 bits per heavy atom. The topological polar surface area (TPSA) is 78.7 Å². The van der Waals surface area contributed by atoms with E-state index in [-0.39, 0.29) is 22.7 Å². The van der Waals surface area contributed by atoms with Gasteiger partial charge in [-0.15, -0.1) is 11.8 Å². The van der Waals surface area contributed by atoms with Crippen LogP contribution in [0.4, 0.5) is 0 Å². The number of carbonyl (C=O) groups excluding carboxylic acids is 2. The van der Waals surface area contributed by atoms with E-state index >= 15 is 0 Å². The minimum absolute atomic E-state index is 0.154. The lowest BCUT2D eigenvalue weighted by molar-refractivity contribution is -0.136. The minimum Gasteiger partial charge on any atom is -0.327 e. The number of nitrogens with zero attached hydrogens (tertiary/aromatic N) is 2. The maximum Gasteiger partial charge on any atom is 0.248 e. The number of rotatable bonds is 7. The van der Waals surface area contributed by atoms with Crippen LogP contribution in [0.2, 0.25) is 0 Å². The highest BCUT2D eigenvalue weighted by atomic mass is 32.2. The molecule has 0 saturated carbocycles. The van der Waals surface area contributed by atoms with E-state index in [9.17, 15) is 9.59 Å². The average Bonchev–Trinajstić information content (AvgIpc) is 2.89. The minimum atomic E-state index is -0.164. The van der Waals surface area contributed by atoms with Gasteiger partial charge in [-0.25, -0.2) is 5.84 Å². The number of hydrogen-bond donors (Lipinski definition) is 2. The van der Waals surface area contributed by atoms with E-state index in [1.165, 1.54) is 19.3 Å². The molecular formula is C15H28N4O2S. The molecule has 2 aliphatic heterocycles. The monoisotopic (exact) mass is 328 g/mol. The predicted octanol–water partition coefficient (Wildman–Crippen LogP) is 0.923. The second-order valence-electron chi connectivity index (χ2n) is 6.41. The SMILES string of the molecule is CCCCCC[C@@]1(C)[C@H]2SCC(=O)N2CCN1CC(=O)NN. The van der Waals surface area contributed by atoms with Gasteiger partial charge in [0.25, 0.3) is 0 Å². The summed E-state index contributed by atoms with van der Waals surface area (Å²) in [6, 6.07) is 0. The molecule has 2 saturated heterocycles. The summed E-state index contributed by atoms with van der Waals surface area (Å²) in [4.78, 5) is 28.0. The highest BCUT2D eigenvalue weighted by Crippen LogP contribution is 2.42. The molecule has 0 aromatic heterocycles. The van der Waals surface area contributed by atoms with Gasteiger partial charge in [0.2, 0.25) is 11.8 Å². The van der Waals surface area contributed by atoms with Crippen molar-refractivity contribution in [3.8, 4) is 0 Å². The third-order valence-electron chi connectivity index (χ3n) is 4.87. The van der Waals surface area contributed by atoms with Crippen LogP contribution in [-0.2, 0) is 9.59 Å². The number of hydrazine groups is 1. The van der Waals surface area contributed by atoms with Gasteiger partial charge in [-0.05, 0) is 13.3 Å². The number of amides is 2. The summed E-state index contributed by atoms with van der Waals surface area (Å²) < 4.78 is 0. The van der Waals surface area contributed by atoms with Crippen LogP contribution in [0.25, 0.3) is 0 Å². The number of carbonyl (C=O) groups is 2. The fraction of sp³-hybridized carbons (Fsp3) is 0.867. The molecule has 0 aromatic carbocycles. The standard InChI is InChI=1S/C15H28N4O2S/c1-3-4-5-6-7-15(2)14-19(13(21)11-22-14)9-8-18(15)10-12(20)17-16/h14H,3-11,16H2,1-2H3,(H,17,20)/t14-,15+/m1/s1. The van der Waals surface area contributed by atoms with Crippen LogP contribution in [0.15, 0.2) is 0 Å². The molecule has 7 heteroatoms. The average molecular weight is 328 g/mol. The first-order chi connectivity index (χ1) is 10.5. The van der Waals surface area contributed by atoms with Gasteiger partial charge in [0.05, 0.1) is 17.7 Å². The Labute approximate surface area is 137 Å². The molecule has 0 aliphatic carbocycles. The van der Waals surface area contributed by atoms with Gasteiger partial charge in [0, 0.05) is 18.6 Å². The van der Waals surface area contributed by atoms with Crippen LogP contribution in [0, 0.1) is 0 Å². The van der Waals surface area contributed by atoms with E-state index in [4.69, 9.17) is 5.84 Å². The Hall–Kier alpha value is -0.790. The van der Waals surface area contributed by atoms with E-state index in [1.807, 2.05) is 4.90 Å². The molecule has 2 heterocycles. The number of unbranched alkanes of at least 4 members (excludes halogenated alkanes) is 3. The van der Waals surface area contributed by atoms with Crippen molar-refractivity contribution in [3.05, 3.63) is 0 Å². The Bertz CT molecular complexity index is 420. The predicted molar refractivity (Wildman–Crippen MR) is 89.0 cm³/mol. The largest absolute Gasteiger partial charge is 0.327 e. The van der Waals surface area contributed by atoms with Gasteiger partial charge in [0.1, 0.15) is 0 Å². The number of fused-ring (bicyclic) bond motifs is 1. The third kappa shape index (κ3) is 3.58. The molecule has 22 heavy (non-hydrogen) atoms. The van der Waals surface area contributed by atoms with Crippen LogP contribution in [-0.4, -0.2) is 57.9 Å². The summed E-state index contributed by atoms with van der Waals surface area (Å²) in [5.41, 5.74) is 2.07. The molecule has 0 bridgehead atoms. The fourth-order valence-electron chi connectivity index (χ4n) is 3.52. The van der Waals surface area contributed by atoms with Gasteiger partial charge in [-0.3, -0.25) is 19.9 Å². The lowest BCUT2D eigenvalue weighted by Gasteiger charge is -2.52. The zero-order chi connectivity index (χ0) is 16.2. The highest BCUT2D eigenvalue weighted by molar-refractivity contribution is 8.01. The van der Waals surface area contributed by atoms with Gasteiger partial charge in [-0.1, -0.05) is 32.6 Å². The summed E-state index contributed by atoms with van der Waals surface area (Å²) >= 11 is 1.72. The van der Waals surface area contributed by atoms with Crippen LogP contribution in [0.3, 0.4) is 0 Å². The van der Waals surface area contributed by atoms with Crippen molar-refractivity contribution in [2.45, 2.75) is 56.9 Å². The van der Waals surface area contributed by atoms with Crippen molar-refractivity contribution in [2.75, 3.05) is 25.4 Å². The van der Waals surface area contributed by atoms with Crippen LogP contribution in [0.1, 0.15) is 46.0 Å². The zero-order valence-corrected chi connectivity index (χ0v) is 14.5. The van der Waals surface area contributed by atoms with Crippen LogP contribution >= 0.6 is 11.8 Å². The van der Waals surface area contributed by atoms with E-state index in [0.29, 0.717) is 18.8 Å². The van der Waals surface area contributed by atoms with Crippen LogP contribution in [0.5, 0.6) is 0 Å². The molecule has 2 aliphatic rings. The highest BCUT2D eigenvalue weighted by Gasteiger charge is 2.50. The Morgan fingerprint density at radius 2 is 2.18 bits per heavy atom. The van der Waals surface area contributed by atoms with Gasteiger partial charge in [-0.2, -0.15) is 0 Å². The van der Waals surface area contributed by atoms with Crippen molar-refractivity contribution >= 4 is 23.6 Å². The second-order valence-corrected chi connectivity index (χ2v) is 7.48. The van der Waals surface area contributed by atoms with Crippen LogP contribution < -0.4 is 11.3 Å². The van der Waals surface area contributed by atoms with Crippen molar-refractivity contribution in [2.24, 2.45) is 5.84 Å². The van der Waals surface area contributed by atoms with E-state index in [1.54, 1.807) is 11.8 Å². The molecule has 126 valence electrons. The van der Waals surface area contributed by atoms with Crippen molar-refractivity contribution in [1.29, 1.82) is 0 Å². The van der Waals surface area contributed by atoms with Gasteiger partial charge < -0.3 is 4.90 Å². The quantitative estimate of drug-likeness (QED) is 0.314. The molecule has 2 atom stereocenters. The number of nitrogens with one attached hydrogen (secondary N) is 1. The first-order valence-electron chi connectivity index (χ1n) is 8.18. The van der Waals surface area contributed by atoms with E-state index in [2.05, 4.69) is 24.2 Å². The zero-order valence-electron chi connectivity index (χ0n) is 13.6. The first kappa shape index (κ1) is 17.6. The summed E-state index contributed by atoms with van der Waals surface area (Å²) in [5, 5.41) is 0.154. The van der Waals surface area contributed by atoms with Gasteiger partial charge in [0.15, 0.2) is 0 Å². The van der Waals surface area contributed by atoms with Crippen molar-refractivity contribution in [1.82, 2.24) is 15.2 Å². The number of nitrogens with two attached hydrogens (primary N) is 1. The molecular weight excluding hydrogens is 300 g/mol. The van der Waals surface area contributed by atoms with Crippen molar-refractivity contribution < 1.29 is 9.59 Å². The number of thioether (sulfide) groups is 1. The molecule has 2 rings (SSSR count). The summed E-state index contributed by atoms with van der Waals surface area (Å²) in [5.74, 6) is 5.88. The summed E-state index contributed by atoms with van der Waals surface area (Å²) in [6.07, 6.45) is 5.78. The lowest BCUT2D eigenvalue weighted by Crippen LogP contribution is -2.66. The Kier molecular flexibility index (Phi) is 6.11. The molecule has 0 unspecified atom stereocenters. The molecule has 0 spiro atoms. The van der Waals surface area contributed by atoms with Crippen molar-refractivity contribution in [3.63, 3.8) is 0 Å². The maximum absolute atomic E-state index is 12.0. The molecule has 3 N–H and O–H groups in total. The number of piperazine rings is 1. The lowest BCUT2D eigenvalue weighted by atomic mass is 9.88. The molecule has 2 amide bonds. The molecule has 0 aromatic rings. The fourth-order valence-corrected chi connectivity index (χ4v) is 5.02. The smallest absolute Gasteiger partial charge is 0.248 e. The van der Waals surface area contributed by atoms with Gasteiger partial charge >= 0.3 is 0 Å². The molecule has 0 radical (unpaired) electrons. The second kappa shape index (κ2) is 7.66. The van der Waals surface area contributed by atoms with E-state index in [0.717, 1.165) is 19.4 Å².